The zero-order valence-corrected chi connectivity index (χ0v) is 13.0. The molecule has 10 heteroatoms. The first kappa shape index (κ1) is 17.3. The van der Waals surface area contributed by atoms with Crippen LogP contribution in [0.25, 0.3) is 0 Å². The second-order valence-corrected chi connectivity index (χ2v) is 8.64. The third-order valence-corrected chi connectivity index (χ3v) is 6.45. The van der Waals surface area contributed by atoms with Gasteiger partial charge in [0.25, 0.3) is 0 Å². The molecule has 1 heterocycles. The maximum absolute atomic E-state index is 12.1. The topological polar surface area (TPSA) is 124 Å². The number of hydrogen-bond acceptors (Lipinski definition) is 6. The number of methoxy groups -OCH3 is 1. The normalized spacial score (nSPS) is 21.6. The molecule has 0 spiro atoms. The molecule has 2 N–H and O–H groups in total. The summed E-state index contributed by atoms with van der Waals surface area (Å²) in [6, 6.07) is 0. The summed E-state index contributed by atoms with van der Waals surface area (Å²) in [4.78, 5) is 10.9. The molecule has 0 amide bonds. The first-order valence-electron chi connectivity index (χ1n) is 6.23. The van der Waals surface area contributed by atoms with Crippen molar-refractivity contribution in [3.8, 4) is 0 Å². The molecule has 0 bridgehead atoms. The molecule has 1 rings (SSSR count). The quantitative estimate of drug-likeness (QED) is 0.625. The number of ether oxygens (including phenoxy) is 1. The van der Waals surface area contributed by atoms with E-state index in [0.29, 0.717) is 12.8 Å². The van der Waals surface area contributed by atoms with E-state index in [9.17, 15) is 21.6 Å². The van der Waals surface area contributed by atoms with Crippen molar-refractivity contribution in [3.63, 3.8) is 0 Å². The average Bonchev–Trinajstić information content (AvgIpc) is 2.37. The van der Waals surface area contributed by atoms with E-state index in [1.807, 2.05) is 0 Å². The highest BCUT2D eigenvalue weighted by Gasteiger charge is 2.33. The Labute approximate surface area is 119 Å². The first-order chi connectivity index (χ1) is 9.16. The van der Waals surface area contributed by atoms with Crippen molar-refractivity contribution in [1.82, 2.24) is 4.31 Å². The fourth-order valence-electron chi connectivity index (χ4n) is 2.06. The molecule has 1 aliphatic rings. The number of sulfonamides is 2. The Bertz CT molecular complexity index is 542. The van der Waals surface area contributed by atoms with Gasteiger partial charge in [-0.1, -0.05) is 0 Å². The number of esters is 1. The predicted molar refractivity (Wildman–Crippen MR) is 72.7 cm³/mol. The maximum atomic E-state index is 12.1. The van der Waals surface area contributed by atoms with Crippen LogP contribution in [-0.2, 0) is 29.6 Å². The van der Waals surface area contributed by atoms with E-state index in [0.717, 1.165) is 4.31 Å². The Kier molecular flexibility index (Phi) is 5.92. The lowest BCUT2D eigenvalue weighted by Gasteiger charge is -2.30. The molecule has 0 aromatic carbocycles. The highest BCUT2D eigenvalue weighted by Crippen LogP contribution is 2.19. The summed E-state index contributed by atoms with van der Waals surface area (Å²) in [6.45, 7) is 0.173. The smallest absolute Gasteiger partial charge is 0.305 e. The average molecular weight is 328 g/mol. The van der Waals surface area contributed by atoms with Gasteiger partial charge >= 0.3 is 5.97 Å². The number of piperidine rings is 1. The lowest BCUT2D eigenvalue weighted by Crippen LogP contribution is -2.47. The van der Waals surface area contributed by atoms with Crippen LogP contribution in [0.5, 0.6) is 0 Å². The summed E-state index contributed by atoms with van der Waals surface area (Å²) in [5.74, 6) is -0.680. The third kappa shape index (κ3) is 5.00. The van der Waals surface area contributed by atoms with Gasteiger partial charge in [0, 0.05) is 19.5 Å². The van der Waals surface area contributed by atoms with E-state index in [2.05, 4.69) is 4.74 Å². The summed E-state index contributed by atoms with van der Waals surface area (Å²) in [6.07, 6.45) is 0.984. The van der Waals surface area contributed by atoms with Gasteiger partial charge in [-0.25, -0.2) is 26.3 Å². The van der Waals surface area contributed by atoms with Crippen LogP contribution in [0.1, 0.15) is 25.7 Å². The molecule has 20 heavy (non-hydrogen) atoms. The second kappa shape index (κ2) is 6.83. The third-order valence-electron chi connectivity index (χ3n) is 3.21. The van der Waals surface area contributed by atoms with Gasteiger partial charge in [-0.2, -0.15) is 0 Å². The Hall–Kier alpha value is -0.710. The molecule has 8 nitrogen and oxygen atoms in total. The van der Waals surface area contributed by atoms with Crippen LogP contribution in [0.15, 0.2) is 0 Å². The Morgan fingerprint density at radius 3 is 2.55 bits per heavy atom. The minimum Gasteiger partial charge on any atom is -0.469 e. The lowest BCUT2D eigenvalue weighted by molar-refractivity contribution is -0.140. The molecule has 118 valence electrons. The monoisotopic (exact) mass is 328 g/mol. The Morgan fingerprint density at radius 2 is 2.00 bits per heavy atom. The SMILES string of the molecule is COC(=O)CCCS(=O)(=O)N1CCCC(S(N)(=O)=O)C1. The molecule has 0 aromatic rings. The fourth-order valence-corrected chi connectivity index (χ4v) is 4.61. The van der Waals surface area contributed by atoms with Crippen LogP contribution in [0.3, 0.4) is 0 Å². The van der Waals surface area contributed by atoms with E-state index in [4.69, 9.17) is 5.14 Å². The maximum Gasteiger partial charge on any atom is 0.305 e. The van der Waals surface area contributed by atoms with Crippen molar-refractivity contribution >= 4 is 26.0 Å². The molecule has 1 saturated heterocycles. The first-order valence-corrected chi connectivity index (χ1v) is 9.45. The molecule has 0 aromatic heterocycles. The number of hydrogen-bond donors (Lipinski definition) is 1. The van der Waals surface area contributed by atoms with Crippen LogP contribution in [0.4, 0.5) is 0 Å². The lowest BCUT2D eigenvalue weighted by atomic mass is 10.2. The van der Waals surface area contributed by atoms with Crippen LogP contribution in [0.2, 0.25) is 0 Å². The van der Waals surface area contributed by atoms with Crippen molar-refractivity contribution in [1.29, 1.82) is 0 Å². The van der Waals surface area contributed by atoms with Gasteiger partial charge < -0.3 is 4.74 Å². The molecule has 0 radical (unpaired) electrons. The zero-order valence-electron chi connectivity index (χ0n) is 11.3. The van der Waals surface area contributed by atoms with E-state index in [1.54, 1.807) is 0 Å². The summed E-state index contributed by atoms with van der Waals surface area (Å²) >= 11 is 0. The molecule has 1 fully saturated rings. The number of primary sulfonamides is 1. The predicted octanol–water partition coefficient (Wildman–Crippen LogP) is -0.978. The van der Waals surface area contributed by atoms with E-state index in [1.165, 1.54) is 7.11 Å². The van der Waals surface area contributed by atoms with Crippen LogP contribution in [0, 0.1) is 0 Å². The molecule has 0 aliphatic carbocycles. The largest absolute Gasteiger partial charge is 0.469 e. The van der Waals surface area contributed by atoms with Crippen molar-refractivity contribution in [3.05, 3.63) is 0 Å². The summed E-state index contributed by atoms with van der Waals surface area (Å²) in [5, 5.41) is 4.21. The molecule has 1 unspecified atom stereocenters. The van der Waals surface area contributed by atoms with Crippen molar-refractivity contribution in [2.24, 2.45) is 5.14 Å². The van der Waals surface area contributed by atoms with Gasteiger partial charge in [-0.15, -0.1) is 0 Å². The second-order valence-electron chi connectivity index (χ2n) is 4.71. The zero-order chi connectivity index (χ0) is 15.4. The molecular weight excluding hydrogens is 308 g/mol. The number of nitrogens with two attached hydrogens (primary N) is 1. The van der Waals surface area contributed by atoms with Gasteiger partial charge in [0.15, 0.2) is 0 Å². The van der Waals surface area contributed by atoms with Crippen molar-refractivity contribution < 1.29 is 26.4 Å². The minimum atomic E-state index is -3.74. The van der Waals surface area contributed by atoms with Gasteiger partial charge in [0.2, 0.25) is 20.0 Å². The molecule has 1 aliphatic heterocycles. The van der Waals surface area contributed by atoms with Gasteiger partial charge in [0.1, 0.15) is 0 Å². The van der Waals surface area contributed by atoms with E-state index < -0.39 is 31.3 Å². The van der Waals surface area contributed by atoms with Gasteiger partial charge in [-0.05, 0) is 19.3 Å². The van der Waals surface area contributed by atoms with Crippen LogP contribution < -0.4 is 5.14 Å². The summed E-state index contributed by atoms with van der Waals surface area (Å²) in [5.41, 5.74) is 0. The highest BCUT2D eigenvalue weighted by molar-refractivity contribution is 7.90. The summed E-state index contributed by atoms with van der Waals surface area (Å²) < 4.78 is 52.3. The Morgan fingerprint density at radius 1 is 1.35 bits per heavy atom. The van der Waals surface area contributed by atoms with E-state index >= 15 is 0 Å². The number of nitrogens with zero attached hydrogens (tertiary/aromatic N) is 1. The highest BCUT2D eigenvalue weighted by atomic mass is 32.2. The van der Waals surface area contributed by atoms with Crippen LogP contribution in [-0.4, -0.2) is 58.3 Å². The standard InChI is InChI=1S/C10H20N2O6S2/c1-18-10(13)5-3-7-19(14,15)12-6-2-4-9(8-12)20(11,16)17/h9H,2-8H2,1H3,(H2,11,16,17). The van der Waals surface area contributed by atoms with Crippen molar-refractivity contribution in [2.45, 2.75) is 30.9 Å². The number of carbonyl (C=O) groups is 1. The minimum absolute atomic E-state index is 0.0161. The van der Waals surface area contributed by atoms with Gasteiger partial charge in [-0.3, -0.25) is 4.79 Å². The number of carbonyl (C=O) groups excluding carboxylic acids is 1. The van der Waals surface area contributed by atoms with Crippen molar-refractivity contribution in [2.75, 3.05) is 26.0 Å². The molecular formula is C10H20N2O6S2. The fraction of sp³-hybridized carbons (Fsp3) is 0.900. The molecule has 0 saturated carbocycles. The Balaban J connectivity index is 2.61. The van der Waals surface area contributed by atoms with E-state index in [-0.39, 0.29) is 31.7 Å². The van der Waals surface area contributed by atoms with Crippen LogP contribution >= 0.6 is 0 Å². The van der Waals surface area contributed by atoms with Gasteiger partial charge in [0.05, 0.1) is 18.1 Å². The number of rotatable bonds is 6. The molecule has 1 atom stereocenters. The summed E-state index contributed by atoms with van der Waals surface area (Å²) in [7, 11) is -6.08.